The Morgan fingerprint density at radius 2 is 1.71 bits per heavy atom. The van der Waals surface area contributed by atoms with Crippen molar-refractivity contribution in [1.29, 1.82) is 0 Å². The van der Waals surface area contributed by atoms with Crippen molar-refractivity contribution in [2.75, 3.05) is 12.4 Å². The van der Waals surface area contributed by atoms with Crippen LogP contribution in [0.5, 0.6) is 11.6 Å². The Bertz CT molecular complexity index is 550. The van der Waals surface area contributed by atoms with E-state index in [1.165, 1.54) is 5.56 Å². The minimum absolute atomic E-state index is 0.188. The molecule has 1 aromatic carbocycles. The van der Waals surface area contributed by atoms with Gasteiger partial charge < -0.3 is 14.8 Å². The summed E-state index contributed by atoms with van der Waals surface area (Å²) >= 11 is 0. The van der Waals surface area contributed by atoms with Crippen LogP contribution in [-0.2, 0) is 0 Å². The SMILES string of the molecule is COc1ccc(NC(C)c2ccc(OC(C)C)cc2)cn1. The molecule has 0 aliphatic rings. The van der Waals surface area contributed by atoms with Crippen LogP contribution >= 0.6 is 0 Å². The number of ether oxygens (including phenoxy) is 2. The molecule has 0 saturated carbocycles. The number of rotatable bonds is 6. The second kappa shape index (κ2) is 6.97. The molecular weight excluding hydrogens is 264 g/mol. The van der Waals surface area contributed by atoms with E-state index in [1.54, 1.807) is 13.3 Å². The Morgan fingerprint density at radius 1 is 1.00 bits per heavy atom. The average Bonchev–Trinajstić information content (AvgIpc) is 2.48. The highest BCUT2D eigenvalue weighted by atomic mass is 16.5. The quantitative estimate of drug-likeness (QED) is 0.870. The number of methoxy groups -OCH3 is 1. The van der Waals surface area contributed by atoms with Crippen LogP contribution in [0.2, 0.25) is 0 Å². The van der Waals surface area contributed by atoms with Crippen LogP contribution in [-0.4, -0.2) is 18.2 Å². The van der Waals surface area contributed by atoms with Gasteiger partial charge in [-0.1, -0.05) is 12.1 Å². The van der Waals surface area contributed by atoms with E-state index in [4.69, 9.17) is 9.47 Å². The van der Waals surface area contributed by atoms with Gasteiger partial charge in [0.15, 0.2) is 0 Å². The molecule has 0 spiro atoms. The second-order valence-corrected chi connectivity index (χ2v) is 5.19. The second-order valence-electron chi connectivity index (χ2n) is 5.19. The molecule has 2 aromatic rings. The first-order chi connectivity index (χ1) is 10.1. The van der Waals surface area contributed by atoms with Crippen LogP contribution < -0.4 is 14.8 Å². The molecule has 4 nitrogen and oxygen atoms in total. The van der Waals surface area contributed by atoms with Crippen molar-refractivity contribution in [1.82, 2.24) is 4.98 Å². The highest BCUT2D eigenvalue weighted by Gasteiger charge is 2.06. The van der Waals surface area contributed by atoms with E-state index in [0.717, 1.165) is 11.4 Å². The van der Waals surface area contributed by atoms with Gasteiger partial charge in [0.2, 0.25) is 5.88 Å². The molecule has 1 unspecified atom stereocenters. The highest BCUT2D eigenvalue weighted by Crippen LogP contribution is 2.22. The number of hydrogen-bond donors (Lipinski definition) is 1. The number of hydrogen-bond acceptors (Lipinski definition) is 4. The number of anilines is 1. The zero-order valence-electron chi connectivity index (χ0n) is 13.0. The van der Waals surface area contributed by atoms with Gasteiger partial charge in [-0.15, -0.1) is 0 Å². The standard InChI is InChI=1S/C17H22N2O2/c1-12(2)21-16-8-5-14(6-9-16)13(3)19-15-7-10-17(20-4)18-11-15/h5-13,19H,1-4H3. The molecule has 1 N–H and O–H groups in total. The lowest BCUT2D eigenvalue weighted by atomic mass is 10.1. The van der Waals surface area contributed by atoms with Gasteiger partial charge >= 0.3 is 0 Å². The smallest absolute Gasteiger partial charge is 0.213 e. The fraction of sp³-hybridized carbons (Fsp3) is 0.353. The maximum atomic E-state index is 5.65. The number of aromatic nitrogens is 1. The van der Waals surface area contributed by atoms with Crippen LogP contribution in [0.1, 0.15) is 32.4 Å². The van der Waals surface area contributed by atoms with Crippen molar-refractivity contribution in [3.05, 3.63) is 48.2 Å². The zero-order chi connectivity index (χ0) is 15.2. The molecule has 0 radical (unpaired) electrons. The van der Waals surface area contributed by atoms with Gasteiger partial charge in [-0.2, -0.15) is 0 Å². The van der Waals surface area contributed by atoms with E-state index in [0.29, 0.717) is 5.88 Å². The summed E-state index contributed by atoms with van der Waals surface area (Å²) in [6, 6.07) is 12.1. The first kappa shape index (κ1) is 15.2. The normalized spacial score (nSPS) is 12.0. The molecule has 0 aliphatic heterocycles. The summed E-state index contributed by atoms with van der Waals surface area (Å²) in [5, 5.41) is 3.41. The number of nitrogens with zero attached hydrogens (tertiary/aromatic N) is 1. The summed E-state index contributed by atoms with van der Waals surface area (Å²) in [6.45, 7) is 6.16. The lowest BCUT2D eigenvalue weighted by Crippen LogP contribution is -2.08. The molecule has 0 amide bonds. The molecular formula is C17H22N2O2. The predicted molar refractivity (Wildman–Crippen MR) is 85.0 cm³/mol. The Hall–Kier alpha value is -2.23. The molecule has 0 aliphatic carbocycles. The molecule has 0 saturated heterocycles. The van der Waals surface area contributed by atoms with Crippen molar-refractivity contribution >= 4 is 5.69 Å². The van der Waals surface area contributed by atoms with Crippen molar-refractivity contribution in [2.24, 2.45) is 0 Å². The van der Waals surface area contributed by atoms with Crippen LogP contribution in [0, 0.1) is 0 Å². The topological polar surface area (TPSA) is 43.4 Å². The largest absolute Gasteiger partial charge is 0.491 e. The van der Waals surface area contributed by atoms with Crippen LogP contribution in [0.15, 0.2) is 42.6 Å². The van der Waals surface area contributed by atoms with Crippen molar-refractivity contribution in [3.8, 4) is 11.6 Å². The average molecular weight is 286 g/mol. The van der Waals surface area contributed by atoms with E-state index in [2.05, 4.69) is 29.4 Å². The monoisotopic (exact) mass is 286 g/mol. The Balaban J connectivity index is 2.00. The third-order valence-corrected chi connectivity index (χ3v) is 3.08. The van der Waals surface area contributed by atoms with Crippen LogP contribution in [0.3, 0.4) is 0 Å². The highest BCUT2D eigenvalue weighted by molar-refractivity contribution is 5.45. The van der Waals surface area contributed by atoms with Gasteiger partial charge in [0, 0.05) is 12.1 Å². The maximum absolute atomic E-state index is 5.65. The Morgan fingerprint density at radius 3 is 2.24 bits per heavy atom. The first-order valence-corrected chi connectivity index (χ1v) is 7.11. The minimum atomic E-state index is 0.188. The van der Waals surface area contributed by atoms with Crippen molar-refractivity contribution < 1.29 is 9.47 Å². The lowest BCUT2D eigenvalue weighted by Gasteiger charge is -2.16. The summed E-state index contributed by atoms with van der Waals surface area (Å²) in [5.41, 5.74) is 2.16. The summed E-state index contributed by atoms with van der Waals surface area (Å²) in [4.78, 5) is 4.19. The fourth-order valence-corrected chi connectivity index (χ4v) is 2.03. The number of pyridine rings is 1. The van der Waals surface area contributed by atoms with Gasteiger partial charge in [0.05, 0.1) is 25.1 Å². The third-order valence-electron chi connectivity index (χ3n) is 3.08. The summed E-state index contributed by atoms with van der Waals surface area (Å²) in [7, 11) is 1.61. The van der Waals surface area contributed by atoms with E-state index < -0.39 is 0 Å². The summed E-state index contributed by atoms with van der Waals surface area (Å²) in [5.74, 6) is 1.51. The molecule has 4 heteroatoms. The third kappa shape index (κ3) is 4.38. The van der Waals surface area contributed by atoms with Crippen molar-refractivity contribution in [3.63, 3.8) is 0 Å². The Kier molecular flexibility index (Phi) is 5.04. The molecule has 21 heavy (non-hydrogen) atoms. The molecule has 0 bridgehead atoms. The predicted octanol–water partition coefficient (Wildman–Crippen LogP) is 4.05. The Labute approximate surface area is 126 Å². The molecule has 1 heterocycles. The zero-order valence-corrected chi connectivity index (χ0v) is 13.0. The van der Waals surface area contributed by atoms with E-state index in [-0.39, 0.29) is 12.1 Å². The first-order valence-electron chi connectivity index (χ1n) is 7.11. The van der Waals surface area contributed by atoms with E-state index in [1.807, 2.05) is 38.1 Å². The van der Waals surface area contributed by atoms with Crippen molar-refractivity contribution in [2.45, 2.75) is 32.9 Å². The van der Waals surface area contributed by atoms with Gasteiger partial charge in [-0.05, 0) is 44.5 Å². The number of benzene rings is 1. The van der Waals surface area contributed by atoms with Crippen LogP contribution in [0.25, 0.3) is 0 Å². The molecule has 2 rings (SSSR count). The summed E-state index contributed by atoms with van der Waals surface area (Å²) in [6.07, 6.45) is 1.96. The lowest BCUT2D eigenvalue weighted by molar-refractivity contribution is 0.242. The molecule has 1 aromatic heterocycles. The van der Waals surface area contributed by atoms with Crippen LogP contribution in [0.4, 0.5) is 5.69 Å². The van der Waals surface area contributed by atoms with Gasteiger partial charge in [0.25, 0.3) is 0 Å². The maximum Gasteiger partial charge on any atom is 0.213 e. The van der Waals surface area contributed by atoms with Gasteiger partial charge in [-0.25, -0.2) is 4.98 Å². The summed E-state index contributed by atoms with van der Waals surface area (Å²) < 4.78 is 10.7. The van der Waals surface area contributed by atoms with E-state index >= 15 is 0 Å². The molecule has 1 atom stereocenters. The number of nitrogens with one attached hydrogen (secondary N) is 1. The minimum Gasteiger partial charge on any atom is -0.491 e. The van der Waals surface area contributed by atoms with Gasteiger partial charge in [0.1, 0.15) is 5.75 Å². The fourth-order valence-electron chi connectivity index (χ4n) is 2.03. The molecule has 0 fully saturated rings. The van der Waals surface area contributed by atoms with E-state index in [9.17, 15) is 0 Å². The van der Waals surface area contributed by atoms with Gasteiger partial charge in [-0.3, -0.25) is 0 Å². The molecule has 112 valence electrons.